The summed E-state index contributed by atoms with van der Waals surface area (Å²) in [6.45, 7) is 9.83. The van der Waals surface area contributed by atoms with Gasteiger partial charge in [-0.1, -0.05) is 36.0 Å². The summed E-state index contributed by atoms with van der Waals surface area (Å²) in [4.78, 5) is 9.05. The minimum atomic E-state index is -0.872. The first kappa shape index (κ1) is 23.4. The normalized spacial score (nSPS) is 16.2. The molecule has 0 radical (unpaired) electrons. The molecule has 1 atom stereocenters. The molecule has 4 rings (SSSR count). The zero-order valence-electron chi connectivity index (χ0n) is 19.8. The molecule has 0 spiro atoms. The van der Waals surface area contributed by atoms with Crippen molar-refractivity contribution in [1.82, 2.24) is 19.9 Å². The molecule has 0 aliphatic heterocycles. The van der Waals surface area contributed by atoms with Gasteiger partial charge < -0.3 is 21.1 Å². The largest absolute Gasteiger partial charge is 0.389 e. The molecule has 9 nitrogen and oxygen atoms in total. The van der Waals surface area contributed by atoms with Crippen LogP contribution in [0.3, 0.4) is 0 Å². The van der Waals surface area contributed by atoms with Gasteiger partial charge in [-0.05, 0) is 51.2 Å². The predicted octanol–water partition coefficient (Wildman–Crippen LogP) is 3.11. The molecule has 3 aromatic rings. The molecule has 1 aromatic carbocycles. The minimum Gasteiger partial charge on any atom is -0.389 e. The molecule has 2 aromatic heterocycles. The van der Waals surface area contributed by atoms with E-state index in [0.717, 1.165) is 29.5 Å². The van der Waals surface area contributed by atoms with Gasteiger partial charge in [0.25, 0.3) is 5.89 Å². The third-order valence-electron chi connectivity index (χ3n) is 6.04. The van der Waals surface area contributed by atoms with Crippen molar-refractivity contribution in [3.05, 3.63) is 78.3 Å². The SMILES string of the molecule is C=CC(=NC=C(N)N)c1ccc([C@](C)(c2noc(-c3cnn(CC(C)(C)O)c3)n2)C2CC2)cc1. The van der Waals surface area contributed by atoms with Crippen LogP contribution in [-0.2, 0) is 12.0 Å². The fraction of sp³-hybridized carbons (Fsp3) is 0.360. The molecule has 34 heavy (non-hydrogen) atoms. The first-order chi connectivity index (χ1) is 16.1. The maximum Gasteiger partial charge on any atom is 0.261 e. The Kier molecular flexibility index (Phi) is 6.14. The van der Waals surface area contributed by atoms with Gasteiger partial charge in [0.15, 0.2) is 5.82 Å². The number of aliphatic hydroxyl groups is 1. The average Bonchev–Trinajstić information content (AvgIpc) is 3.34. The van der Waals surface area contributed by atoms with Crippen molar-refractivity contribution in [3.8, 4) is 11.5 Å². The molecule has 1 aliphatic rings. The maximum absolute atomic E-state index is 10.0. The van der Waals surface area contributed by atoms with Gasteiger partial charge in [0.1, 0.15) is 5.82 Å². The number of hydrogen-bond donors (Lipinski definition) is 3. The summed E-state index contributed by atoms with van der Waals surface area (Å²) in [5, 5.41) is 18.7. The van der Waals surface area contributed by atoms with Crippen LogP contribution in [0.2, 0.25) is 0 Å². The van der Waals surface area contributed by atoms with E-state index >= 15 is 0 Å². The van der Waals surface area contributed by atoms with Crippen LogP contribution in [0.15, 0.2) is 70.9 Å². The van der Waals surface area contributed by atoms with E-state index < -0.39 is 11.0 Å². The molecule has 0 unspecified atom stereocenters. The Morgan fingerprint density at radius 1 is 1.26 bits per heavy atom. The highest BCUT2D eigenvalue weighted by Gasteiger charge is 2.47. The molecule has 2 heterocycles. The van der Waals surface area contributed by atoms with E-state index in [-0.39, 0.29) is 5.82 Å². The number of hydrogen-bond acceptors (Lipinski definition) is 8. The molecule has 9 heteroatoms. The second-order valence-electron chi connectivity index (χ2n) is 9.56. The highest BCUT2D eigenvalue weighted by Crippen LogP contribution is 2.50. The van der Waals surface area contributed by atoms with Crippen LogP contribution in [0, 0.1) is 5.92 Å². The summed E-state index contributed by atoms with van der Waals surface area (Å²) in [5.41, 5.74) is 13.1. The summed E-state index contributed by atoms with van der Waals surface area (Å²) >= 11 is 0. The van der Waals surface area contributed by atoms with Crippen LogP contribution >= 0.6 is 0 Å². The van der Waals surface area contributed by atoms with Crippen LogP contribution in [0.5, 0.6) is 0 Å². The molecule has 178 valence electrons. The zero-order valence-corrected chi connectivity index (χ0v) is 19.8. The summed E-state index contributed by atoms with van der Waals surface area (Å²) < 4.78 is 7.30. The quantitative estimate of drug-likeness (QED) is 0.416. The Balaban J connectivity index is 1.63. The highest BCUT2D eigenvalue weighted by atomic mass is 16.5. The smallest absolute Gasteiger partial charge is 0.261 e. The van der Waals surface area contributed by atoms with Crippen LogP contribution in [0.1, 0.15) is 50.6 Å². The molecule has 0 amide bonds. The monoisotopic (exact) mass is 461 g/mol. The van der Waals surface area contributed by atoms with Crippen molar-refractivity contribution in [2.45, 2.75) is 51.2 Å². The Morgan fingerprint density at radius 3 is 2.56 bits per heavy atom. The first-order valence-electron chi connectivity index (χ1n) is 11.2. The standard InChI is InChI=1S/C25H31N7O2/c1-5-20(28-13-21(26)27)16-6-8-18(9-7-16)25(4,19-10-11-19)23-30-22(34-31-23)17-12-29-32(14-17)15-24(2,3)33/h5-9,12-14,19,33H,1,10-11,15,26-27H2,2-4H3/t25-/m0/s1. The van der Waals surface area contributed by atoms with E-state index in [1.807, 2.05) is 12.1 Å². The third-order valence-corrected chi connectivity index (χ3v) is 6.04. The lowest BCUT2D eigenvalue weighted by Crippen LogP contribution is -2.28. The lowest BCUT2D eigenvalue weighted by Gasteiger charge is -2.27. The number of nitrogens with zero attached hydrogens (tertiary/aromatic N) is 5. The Bertz CT molecular complexity index is 1220. The van der Waals surface area contributed by atoms with E-state index in [1.54, 1.807) is 37.0 Å². The van der Waals surface area contributed by atoms with Gasteiger partial charge in [0, 0.05) is 11.8 Å². The van der Waals surface area contributed by atoms with Crippen molar-refractivity contribution >= 4 is 5.71 Å². The molecule has 0 bridgehead atoms. The van der Waals surface area contributed by atoms with Gasteiger partial charge in [0.05, 0.1) is 41.2 Å². The maximum atomic E-state index is 10.0. The van der Waals surface area contributed by atoms with Crippen molar-refractivity contribution in [2.24, 2.45) is 22.4 Å². The van der Waals surface area contributed by atoms with E-state index in [4.69, 9.17) is 21.0 Å². The zero-order chi connectivity index (χ0) is 24.5. The molecule has 1 saturated carbocycles. The van der Waals surface area contributed by atoms with Gasteiger partial charge in [-0.25, -0.2) is 0 Å². The fourth-order valence-electron chi connectivity index (χ4n) is 4.09. The first-order valence-corrected chi connectivity index (χ1v) is 11.2. The minimum absolute atomic E-state index is 0.135. The van der Waals surface area contributed by atoms with Gasteiger partial charge in [0.2, 0.25) is 0 Å². The summed E-state index contributed by atoms with van der Waals surface area (Å²) in [6.07, 6.45) is 8.75. The third kappa shape index (κ3) is 4.94. The predicted molar refractivity (Wildman–Crippen MR) is 131 cm³/mol. The summed E-state index contributed by atoms with van der Waals surface area (Å²) in [5.74, 6) is 1.61. The Hall–Kier alpha value is -3.72. The van der Waals surface area contributed by atoms with Crippen LogP contribution < -0.4 is 11.5 Å². The topological polar surface area (TPSA) is 141 Å². The summed E-state index contributed by atoms with van der Waals surface area (Å²) in [7, 11) is 0. The van der Waals surface area contributed by atoms with Gasteiger partial charge in [-0.15, -0.1) is 0 Å². The average molecular weight is 462 g/mol. The van der Waals surface area contributed by atoms with Crippen LogP contribution in [0.25, 0.3) is 11.5 Å². The van der Waals surface area contributed by atoms with Gasteiger partial charge in [-0.2, -0.15) is 10.1 Å². The number of aromatic nitrogens is 4. The second-order valence-corrected chi connectivity index (χ2v) is 9.56. The molecular weight excluding hydrogens is 430 g/mol. The van der Waals surface area contributed by atoms with Crippen molar-refractivity contribution < 1.29 is 9.63 Å². The van der Waals surface area contributed by atoms with E-state index in [9.17, 15) is 5.11 Å². The van der Waals surface area contributed by atoms with Crippen LogP contribution in [0.4, 0.5) is 0 Å². The molecule has 5 N–H and O–H groups in total. The highest BCUT2D eigenvalue weighted by molar-refractivity contribution is 6.08. The second kappa shape index (κ2) is 8.90. The number of allylic oxidation sites excluding steroid dienone is 1. The molecule has 1 fully saturated rings. The number of aliphatic imine (C=N–C) groups is 1. The summed E-state index contributed by atoms with van der Waals surface area (Å²) in [6, 6.07) is 8.14. The molecule has 0 saturated heterocycles. The van der Waals surface area contributed by atoms with E-state index in [2.05, 4.69) is 40.9 Å². The Labute approximate surface area is 198 Å². The van der Waals surface area contributed by atoms with Crippen LogP contribution in [-0.4, -0.2) is 36.3 Å². The van der Waals surface area contributed by atoms with Gasteiger partial charge in [-0.3, -0.25) is 9.67 Å². The van der Waals surface area contributed by atoms with Crippen molar-refractivity contribution in [3.63, 3.8) is 0 Å². The Morgan fingerprint density at radius 2 is 1.97 bits per heavy atom. The number of nitrogens with two attached hydrogens (primary N) is 2. The molecular formula is C25H31N7O2. The van der Waals surface area contributed by atoms with E-state index in [0.29, 0.717) is 29.9 Å². The van der Waals surface area contributed by atoms with Crippen molar-refractivity contribution in [2.75, 3.05) is 0 Å². The fourth-order valence-corrected chi connectivity index (χ4v) is 4.09. The van der Waals surface area contributed by atoms with E-state index in [1.165, 1.54) is 6.20 Å². The number of rotatable bonds is 9. The lowest BCUT2D eigenvalue weighted by molar-refractivity contribution is 0.0577. The van der Waals surface area contributed by atoms with Crippen molar-refractivity contribution in [1.29, 1.82) is 0 Å². The molecule has 1 aliphatic carbocycles. The van der Waals surface area contributed by atoms with Gasteiger partial charge >= 0.3 is 0 Å². The number of benzene rings is 1. The lowest BCUT2D eigenvalue weighted by atomic mass is 9.77.